The highest BCUT2D eigenvalue weighted by Gasteiger charge is 2.20. The predicted octanol–water partition coefficient (Wildman–Crippen LogP) is 4.55. The average Bonchev–Trinajstić information content (AvgIpc) is 2.60. The average molecular weight is 420 g/mol. The number of esters is 1. The van der Waals surface area contributed by atoms with Crippen LogP contribution in [0.3, 0.4) is 0 Å². The van der Waals surface area contributed by atoms with Crippen molar-refractivity contribution in [2.45, 2.75) is 26.2 Å². The van der Waals surface area contributed by atoms with E-state index in [-0.39, 0.29) is 17.9 Å². The quantitative estimate of drug-likeness (QED) is 0.721. The van der Waals surface area contributed by atoms with E-state index >= 15 is 0 Å². The van der Waals surface area contributed by atoms with Crippen molar-refractivity contribution in [2.75, 3.05) is 19.0 Å². The minimum atomic E-state index is -0.420. The summed E-state index contributed by atoms with van der Waals surface area (Å²) in [5.41, 5.74) is 1.91. The maximum Gasteiger partial charge on any atom is 0.337 e. The van der Waals surface area contributed by atoms with Crippen molar-refractivity contribution in [3.8, 4) is 5.75 Å². The first kappa shape index (κ1) is 20.0. The van der Waals surface area contributed by atoms with Crippen LogP contribution in [0.15, 0.2) is 46.9 Å². The molecule has 0 heterocycles. The Bertz CT molecular complexity index is 794. The van der Waals surface area contributed by atoms with Crippen molar-refractivity contribution in [1.82, 2.24) is 0 Å². The van der Waals surface area contributed by atoms with Gasteiger partial charge in [0.2, 0.25) is 0 Å². The summed E-state index contributed by atoms with van der Waals surface area (Å²) in [4.78, 5) is 23.6. The molecule has 0 fully saturated rings. The van der Waals surface area contributed by atoms with Crippen LogP contribution in [0.4, 0.5) is 5.69 Å². The number of rotatable bonds is 5. The molecule has 0 aromatic heterocycles. The first-order valence-electron chi connectivity index (χ1n) is 8.12. The predicted molar refractivity (Wildman–Crippen MR) is 105 cm³/mol. The summed E-state index contributed by atoms with van der Waals surface area (Å²) >= 11 is 3.47. The van der Waals surface area contributed by atoms with Gasteiger partial charge < -0.3 is 14.8 Å². The molecule has 0 radical (unpaired) electrons. The maximum atomic E-state index is 12.2. The van der Waals surface area contributed by atoms with Crippen LogP contribution in [-0.2, 0) is 14.9 Å². The fourth-order valence-corrected chi connectivity index (χ4v) is 2.72. The molecule has 26 heavy (non-hydrogen) atoms. The molecule has 138 valence electrons. The van der Waals surface area contributed by atoms with Gasteiger partial charge in [0, 0.05) is 15.7 Å². The van der Waals surface area contributed by atoms with E-state index in [1.165, 1.54) is 7.11 Å². The van der Waals surface area contributed by atoms with Crippen molar-refractivity contribution in [2.24, 2.45) is 0 Å². The lowest BCUT2D eigenvalue weighted by Crippen LogP contribution is -2.22. The molecule has 6 heteroatoms. The Morgan fingerprint density at radius 1 is 1.08 bits per heavy atom. The Balaban J connectivity index is 2.00. The second-order valence-electron chi connectivity index (χ2n) is 6.80. The summed E-state index contributed by atoms with van der Waals surface area (Å²) < 4.78 is 11.3. The molecule has 5 nitrogen and oxygen atoms in total. The highest BCUT2D eigenvalue weighted by molar-refractivity contribution is 9.10. The number of carbonyl (C=O) groups excluding carboxylic acids is 2. The van der Waals surface area contributed by atoms with E-state index in [0.717, 1.165) is 10.0 Å². The molecule has 0 bridgehead atoms. The number of hydrogen-bond donors (Lipinski definition) is 1. The van der Waals surface area contributed by atoms with Crippen LogP contribution in [0.1, 0.15) is 36.7 Å². The molecule has 0 aliphatic rings. The normalized spacial score (nSPS) is 11.0. The van der Waals surface area contributed by atoms with Gasteiger partial charge in [-0.2, -0.15) is 0 Å². The minimum absolute atomic E-state index is 0.108. The number of hydrogen-bond acceptors (Lipinski definition) is 4. The molecule has 0 saturated carbocycles. The van der Waals surface area contributed by atoms with Gasteiger partial charge in [0.15, 0.2) is 6.61 Å². The third-order valence-electron chi connectivity index (χ3n) is 3.70. The topological polar surface area (TPSA) is 64.6 Å². The molecular formula is C20H22BrNO4. The Kier molecular flexibility index (Phi) is 6.42. The molecule has 0 atom stereocenters. The van der Waals surface area contributed by atoms with Crippen molar-refractivity contribution in [1.29, 1.82) is 0 Å². The number of halogens is 1. The zero-order valence-corrected chi connectivity index (χ0v) is 16.8. The first-order chi connectivity index (χ1) is 12.2. The molecule has 1 N–H and O–H groups in total. The van der Waals surface area contributed by atoms with Gasteiger partial charge in [-0.25, -0.2) is 4.79 Å². The van der Waals surface area contributed by atoms with Gasteiger partial charge >= 0.3 is 5.97 Å². The van der Waals surface area contributed by atoms with E-state index in [0.29, 0.717) is 17.0 Å². The highest BCUT2D eigenvalue weighted by Crippen LogP contribution is 2.33. The SMILES string of the molecule is COC(=O)c1ccc(NC(=O)COc2ccc(Br)cc2C(C)(C)C)cc1. The molecule has 0 spiro atoms. The van der Waals surface area contributed by atoms with E-state index in [1.54, 1.807) is 24.3 Å². The lowest BCUT2D eigenvalue weighted by atomic mass is 9.86. The number of amides is 1. The van der Waals surface area contributed by atoms with Gasteiger partial charge in [-0.1, -0.05) is 36.7 Å². The highest BCUT2D eigenvalue weighted by atomic mass is 79.9. The molecule has 1 amide bonds. The van der Waals surface area contributed by atoms with E-state index in [9.17, 15) is 9.59 Å². The van der Waals surface area contributed by atoms with Gasteiger partial charge in [-0.3, -0.25) is 4.79 Å². The summed E-state index contributed by atoms with van der Waals surface area (Å²) in [5, 5.41) is 2.74. The first-order valence-corrected chi connectivity index (χ1v) is 8.91. The zero-order chi connectivity index (χ0) is 19.3. The number of ether oxygens (including phenoxy) is 2. The van der Waals surface area contributed by atoms with Crippen molar-refractivity contribution >= 4 is 33.5 Å². The Morgan fingerprint density at radius 2 is 1.73 bits per heavy atom. The fraction of sp³-hybridized carbons (Fsp3) is 0.300. The number of anilines is 1. The summed E-state index contributed by atoms with van der Waals surface area (Å²) in [6.45, 7) is 6.16. The molecule has 2 rings (SSSR count). The van der Waals surface area contributed by atoms with Crippen LogP contribution >= 0.6 is 15.9 Å². The second-order valence-corrected chi connectivity index (χ2v) is 7.71. The number of benzene rings is 2. The third kappa shape index (κ3) is 5.33. The number of methoxy groups -OCH3 is 1. The standard InChI is InChI=1S/C20H22BrNO4/c1-20(2,3)16-11-14(21)7-10-17(16)26-12-18(23)22-15-8-5-13(6-9-15)19(24)25-4/h5-11H,12H2,1-4H3,(H,22,23). The van der Waals surface area contributed by atoms with Crippen molar-refractivity contribution in [3.63, 3.8) is 0 Å². The molecular weight excluding hydrogens is 398 g/mol. The minimum Gasteiger partial charge on any atom is -0.483 e. The van der Waals surface area contributed by atoms with Crippen LogP contribution < -0.4 is 10.1 Å². The largest absolute Gasteiger partial charge is 0.483 e. The van der Waals surface area contributed by atoms with Crippen LogP contribution in [0.5, 0.6) is 5.75 Å². The third-order valence-corrected chi connectivity index (χ3v) is 4.19. The van der Waals surface area contributed by atoms with Crippen LogP contribution in [-0.4, -0.2) is 25.6 Å². The Morgan fingerprint density at radius 3 is 2.31 bits per heavy atom. The molecule has 0 saturated heterocycles. The van der Waals surface area contributed by atoms with Crippen molar-refractivity contribution in [3.05, 3.63) is 58.1 Å². The van der Waals surface area contributed by atoms with Gasteiger partial charge in [0.05, 0.1) is 12.7 Å². The molecule has 0 aliphatic heterocycles. The summed E-state index contributed by atoms with van der Waals surface area (Å²) in [6.07, 6.45) is 0. The van der Waals surface area contributed by atoms with Crippen LogP contribution in [0, 0.1) is 0 Å². The smallest absolute Gasteiger partial charge is 0.337 e. The summed E-state index contributed by atoms with van der Waals surface area (Å²) in [5.74, 6) is -0.0216. The fourth-order valence-electron chi connectivity index (χ4n) is 2.36. The van der Waals surface area contributed by atoms with Crippen LogP contribution in [0.25, 0.3) is 0 Å². The maximum absolute atomic E-state index is 12.2. The Hall–Kier alpha value is -2.34. The van der Waals surface area contributed by atoms with E-state index in [1.807, 2.05) is 18.2 Å². The lowest BCUT2D eigenvalue weighted by molar-refractivity contribution is -0.118. The number of carbonyl (C=O) groups is 2. The van der Waals surface area contributed by atoms with Crippen molar-refractivity contribution < 1.29 is 19.1 Å². The second kappa shape index (κ2) is 8.36. The van der Waals surface area contributed by atoms with E-state index < -0.39 is 5.97 Å². The summed E-state index contributed by atoms with van der Waals surface area (Å²) in [7, 11) is 1.32. The van der Waals surface area contributed by atoms with Crippen LogP contribution in [0.2, 0.25) is 0 Å². The van der Waals surface area contributed by atoms with Gasteiger partial charge in [0.1, 0.15) is 5.75 Å². The van der Waals surface area contributed by atoms with Gasteiger partial charge in [-0.15, -0.1) is 0 Å². The molecule has 2 aromatic carbocycles. The molecule has 0 aliphatic carbocycles. The van der Waals surface area contributed by atoms with Gasteiger partial charge in [-0.05, 0) is 47.9 Å². The zero-order valence-electron chi connectivity index (χ0n) is 15.3. The lowest BCUT2D eigenvalue weighted by Gasteiger charge is -2.23. The summed E-state index contributed by atoms with van der Waals surface area (Å²) in [6, 6.07) is 12.2. The molecule has 0 unspecified atom stereocenters. The van der Waals surface area contributed by atoms with Gasteiger partial charge in [0.25, 0.3) is 5.91 Å². The van der Waals surface area contributed by atoms with E-state index in [2.05, 4.69) is 46.8 Å². The number of nitrogens with one attached hydrogen (secondary N) is 1. The Labute approximate surface area is 161 Å². The molecule has 2 aromatic rings. The van der Waals surface area contributed by atoms with E-state index in [4.69, 9.17) is 4.74 Å². The monoisotopic (exact) mass is 419 g/mol.